The summed E-state index contributed by atoms with van der Waals surface area (Å²) in [4.78, 5) is 10.6. The Bertz CT molecular complexity index is 476. The molecule has 1 aromatic rings. The van der Waals surface area contributed by atoms with E-state index in [-0.39, 0.29) is 16.7 Å². The zero-order chi connectivity index (χ0) is 15.2. The van der Waals surface area contributed by atoms with Gasteiger partial charge in [-0.15, -0.1) is 0 Å². The van der Waals surface area contributed by atoms with E-state index >= 15 is 0 Å². The monoisotopic (exact) mass is 290 g/mol. The molecule has 0 saturated heterocycles. The third-order valence-corrected chi connectivity index (χ3v) is 4.81. The molecule has 4 nitrogen and oxygen atoms in total. The van der Waals surface area contributed by atoms with Gasteiger partial charge in [0.05, 0.1) is 4.92 Å². The van der Waals surface area contributed by atoms with Crippen molar-refractivity contribution in [2.24, 2.45) is 11.8 Å². The van der Waals surface area contributed by atoms with Crippen LogP contribution in [0.5, 0.6) is 0 Å². The maximum Gasteiger partial charge on any atom is 0.269 e. The fourth-order valence-corrected chi connectivity index (χ4v) is 3.34. The van der Waals surface area contributed by atoms with Gasteiger partial charge in [0, 0.05) is 18.2 Å². The highest BCUT2D eigenvalue weighted by atomic mass is 16.6. The van der Waals surface area contributed by atoms with Gasteiger partial charge in [0.2, 0.25) is 0 Å². The van der Waals surface area contributed by atoms with Gasteiger partial charge in [-0.3, -0.25) is 10.1 Å². The lowest BCUT2D eigenvalue weighted by Gasteiger charge is -2.30. The van der Waals surface area contributed by atoms with Crippen LogP contribution in [-0.2, 0) is 0 Å². The molecule has 3 unspecified atom stereocenters. The Balaban J connectivity index is 1.99. The van der Waals surface area contributed by atoms with E-state index in [0.29, 0.717) is 0 Å². The first-order valence-corrected chi connectivity index (χ1v) is 8.09. The molecule has 1 fully saturated rings. The molecule has 0 bridgehead atoms. The van der Waals surface area contributed by atoms with Gasteiger partial charge in [-0.2, -0.15) is 0 Å². The smallest absolute Gasteiger partial charge is 0.269 e. The Morgan fingerprint density at radius 1 is 1.38 bits per heavy atom. The van der Waals surface area contributed by atoms with E-state index in [1.54, 1.807) is 18.2 Å². The Kier molecular flexibility index (Phi) is 5.74. The van der Waals surface area contributed by atoms with E-state index < -0.39 is 0 Å². The number of non-ortho nitro benzene ring substituents is 1. The Labute approximate surface area is 127 Å². The van der Waals surface area contributed by atoms with E-state index in [1.165, 1.54) is 25.7 Å². The fourth-order valence-electron chi connectivity index (χ4n) is 3.34. The Morgan fingerprint density at radius 3 is 2.81 bits per heavy atom. The van der Waals surface area contributed by atoms with Gasteiger partial charge in [0.1, 0.15) is 0 Å². The standard InChI is InChI=1S/C17H26N2O2/c1-3-17(14-9-6-10-16(11-14)19(20)21)18-12-15-8-5-4-7-13(15)2/h6,9-11,13,15,17-18H,3-5,7-8,12H2,1-2H3. The molecule has 0 radical (unpaired) electrons. The van der Waals surface area contributed by atoms with Gasteiger partial charge in [-0.05, 0) is 36.8 Å². The first kappa shape index (κ1) is 16.0. The molecular weight excluding hydrogens is 264 g/mol. The van der Waals surface area contributed by atoms with Crippen LogP contribution in [-0.4, -0.2) is 11.5 Å². The lowest BCUT2D eigenvalue weighted by atomic mass is 9.80. The Hall–Kier alpha value is -1.42. The molecule has 116 valence electrons. The number of hydrogen-bond donors (Lipinski definition) is 1. The van der Waals surface area contributed by atoms with Gasteiger partial charge in [-0.1, -0.05) is 45.2 Å². The van der Waals surface area contributed by atoms with Gasteiger partial charge in [0.15, 0.2) is 0 Å². The second-order valence-corrected chi connectivity index (χ2v) is 6.24. The third-order valence-electron chi connectivity index (χ3n) is 4.81. The maximum absolute atomic E-state index is 10.9. The first-order chi connectivity index (χ1) is 10.1. The third kappa shape index (κ3) is 4.27. The minimum absolute atomic E-state index is 0.179. The number of nitrogens with zero attached hydrogens (tertiary/aromatic N) is 1. The minimum Gasteiger partial charge on any atom is -0.310 e. The molecule has 1 saturated carbocycles. The highest BCUT2D eigenvalue weighted by Gasteiger charge is 2.22. The normalized spacial score (nSPS) is 23.7. The number of nitro benzene ring substituents is 1. The molecule has 1 aromatic carbocycles. The van der Waals surface area contributed by atoms with Crippen molar-refractivity contribution in [3.05, 3.63) is 39.9 Å². The summed E-state index contributed by atoms with van der Waals surface area (Å²) < 4.78 is 0. The summed E-state index contributed by atoms with van der Waals surface area (Å²) in [5.74, 6) is 1.53. The maximum atomic E-state index is 10.9. The van der Waals surface area contributed by atoms with Crippen LogP contribution >= 0.6 is 0 Å². The van der Waals surface area contributed by atoms with Crippen molar-refractivity contribution in [1.29, 1.82) is 0 Å². The molecule has 4 heteroatoms. The number of rotatable bonds is 6. The molecule has 0 amide bonds. The van der Waals surface area contributed by atoms with Gasteiger partial charge in [-0.25, -0.2) is 0 Å². The van der Waals surface area contributed by atoms with Crippen molar-refractivity contribution in [2.45, 2.75) is 52.0 Å². The molecule has 1 N–H and O–H groups in total. The van der Waals surface area contributed by atoms with Crippen molar-refractivity contribution in [3.8, 4) is 0 Å². The number of nitro groups is 1. The van der Waals surface area contributed by atoms with Crippen LogP contribution < -0.4 is 5.32 Å². The van der Waals surface area contributed by atoms with E-state index in [4.69, 9.17) is 0 Å². The zero-order valence-corrected chi connectivity index (χ0v) is 13.0. The van der Waals surface area contributed by atoms with Crippen LogP contribution in [0.1, 0.15) is 57.6 Å². The van der Waals surface area contributed by atoms with E-state index in [0.717, 1.165) is 30.4 Å². The summed E-state index contributed by atoms with van der Waals surface area (Å²) >= 11 is 0. The largest absolute Gasteiger partial charge is 0.310 e. The van der Waals surface area contributed by atoms with Crippen molar-refractivity contribution in [2.75, 3.05) is 6.54 Å². The summed E-state index contributed by atoms with van der Waals surface area (Å²) in [6.45, 7) is 5.49. The fraction of sp³-hybridized carbons (Fsp3) is 0.647. The minimum atomic E-state index is -0.320. The van der Waals surface area contributed by atoms with Gasteiger partial charge >= 0.3 is 0 Å². The predicted octanol–water partition coefficient (Wildman–Crippen LogP) is 4.46. The van der Waals surface area contributed by atoms with Crippen LogP contribution in [0.3, 0.4) is 0 Å². The number of benzene rings is 1. The molecule has 0 aliphatic heterocycles. The number of hydrogen-bond acceptors (Lipinski definition) is 3. The molecule has 1 aliphatic carbocycles. The van der Waals surface area contributed by atoms with Crippen LogP contribution in [0.25, 0.3) is 0 Å². The summed E-state index contributed by atoms with van der Waals surface area (Å²) in [5, 5.41) is 14.5. The zero-order valence-electron chi connectivity index (χ0n) is 13.0. The average molecular weight is 290 g/mol. The van der Waals surface area contributed by atoms with Crippen molar-refractivity contribution in [3.63, 3.8) is 0 Å². The van der Waals surface area contributed by atoms with Crippen molar-refractivity contribution in [1.82, 2.24) is 5.32 Å². The quantitative estimate of drug-likeness (QED) is 0.621. The molecule has 0 heterocycles. The van der Waals surface area contributed by atoms with Crippen LogP contribution in [0.15, 0.2) is 24.3 Å². The molecule has 1 aliphatic rings. The molecule has 21 heavy (non-hydrogen) atoms. The van der Waals surface area contributed by atoms with Crippen LogP contribution in [0, 0.1) is 22.0 Å². The molecular formula is C17H26N2O2. The summed E-state index contributed by atoms with van der Waals surface area (Å²) in [6, 6.07) is 7.23. The highest BCUT2D eigenvalue weighted by molar-refractivity contribution is 5.35. The number of nitrogens with one attached hydrogen (secondary N) is 1. The van der Waals surface area contributed by atoms with E-state index in [2.05, 4.69) is 19.2 Å². The second-order valence-electron chi connectivity index (χ2n) is 6.24. The first-order valence-electron chi connectivity index (χ1n) is 8.09. The summed E-state index contributed by atoms with van der Waals surface area (Å²) in [5.41, 5.74) is 1.20. The lowest BCUT2D eigenvalue weighted by Crippen LogP contribution is -2.31. The molecule has 0 aromatic heterocycles. The van der Waals surface area contributed by atoms with Crippen LogP contribution in [0.2, 0.25) is 0 Å². The lowest BCUT2D eigenvalue weighted by molar-refractivity contribution is -0.384. The van der Waals surface area contributed by atoms with Gasteiger partial charge in [0.25, 0.3) is 5.69 Å². The van der Waals surface area contributed by atoms with Gasteiger partial charge < -0.3 is 5.32 Å². The predicted molar refractivity (Wildman–Crippen MR) is 85.3 cm³/mol. The van der Waals surface area contributed by atoms with Crippen LogP contribution in [0.4, 0.5) is 5.69 Å². The van der Waals surface area contributed by atoms with Crippen molar-refractivity contribution >= 4 is 5.69 Å². The van der Waals surface area contributed by atoms with E-state index in [1.807, 2.05) is 6.07 Å². The SMILES string of the molecule is CCC(NCC1CCCCC1C)c1cccc([N+](=O)[O-])c1. The highest BCUT2D eigenvalue weighted by Crippen LogP contribution is 2.30. The van der Waals surface area contributed by atoms with Crippen molar-refractivity contribution < 1.29 is 4.92 Å². The molecule has 2 rings (SSSR count). The topological polar surface area (TPSA) is 55.2 Å². The second kappa shape index (κ2) is 7.55. The molecule has 0 spiro atoms. The average Bonchev–Trinajstić information content (AvgIpc) is 2.50. The molecule has 3 atom stereocenters. The summed E-state index contributed by atoms with van der Waals surface area (Å²) in [6.07, 6.45) is 6.28. The Morgan fingerprint density at radius 2 is 2.14 bits per heavy atom. The summed E-state index contributed by atoms with van der Waals surface area (Å²) in [7, 11) is 0. The van der Waals surface area contributed by atoms with E-state index in [9.17, 15) is 10.1 Å².